The zero-order valence-corrected chi connectivity index (χ0v) is 14.7. The van der Waals surface area contributed by atoms with E-state index < -0.39 is 27.8 Å². The minimum absolute atomic E-state index is 0.0331. The normalized spacial score (nSPS) is 13.3. The Hall–Kier alpha value is -1.76. The zero-order chi connectivity index (χ0) is 17.6. The standard InChI is InChI=1S/C16H23FN2O3S/c1-11-7-8-13(10-14(11)17)18-16(21)12(2)23(22)9-5-6-15(20)19(3)4/h7-8,10,12H,5-6,9H2,1-4H3,(H,18,21). The van der Waals surface area contributed by atoms with E-state index in [0.29, 0.717) is 24.1 Å². The lowest BCUT2D eigenvalue weighted by molar-refractivity contribution is -0.128. The third-order valence-corrected chi connectivity index (χ3v) is 5.13. The highest BCUT2D eigenvalue weighted by molar-refractivity contribution is 7.86. The maximum atomic E-state index is 13.4. The first-order chi connectivity index (χ1) is 10.7. The van der Waals surface area contributed by atoms with Gasteiger partial charge in [0, 0.05) is 42.8 Å². The number of hydrogen-bond donors (Lipinski definition) is 1. The molecule has 0 fully saturated rings. The highest BCUT2D eigenvalue weighted by Crippen LogP contribution is 2.14. The van der Waals surface area contributed by atoms with Crippen molar-refractivity contribution >= 4 is 28.3 Å². The van der Waals surface area contributed by atoms with E-state index in [1.807, 2.05) is 0 Å². The summed E-state index contributed by atoms with van der Waals surface area (Å²) in [6.45, 7) is 3.19. The van der Waals surface area contributed by atoms with Crippen LogP contribution in [0.25, 0.3) is 0 Å². The molecule has 0 aliphatic heterocycles. The van der Waals surface area contributed by atoms with E-state index in [-0.39, 0.29) is 11.7 Å². The van der Waals surface area contributed by atoms with E-state index in [4.69, 9.17) is 0 Å². The second-order valence-electron chi connectivity index (χ2n) is 5.57. The van der Waals surface area contributed by atoms with Crippen molar-refractivity contribution in [3.63, 3.8) is 0 Å². The molecule has 0 saturated carbocycles. The van der Waals surface area contributed by atoms with Crippen LogP contribution < -0.4 is 5.32 Å². The lowest BCUT2D eigenvalue weighted by atomic mass is 10.2. The van der Waals surface area contributed by atoms with Crippen LogP contribution >= 0.6 is 0 Å². The summed E-state index contributed by atoms with van der Waals surface area (Å²) < 4.78 is 25.5. The average molecular weight is 342 g/mol. The molecular weight excluding hydrogens is 319 g/mol. The SMILES string of the molecule is Cc1ccc(NC(=O)C(C)S(=O)CCCC(=O)N(C)C)cc1F. The predicted octanol–water partition coefficient (Wildman–Crippen LogP) is 2.08. The zero-order valence-electron chi connectivity index (χ0n) is 13.9. The van der Waals surface area contributed by atoms with E-state index in [9.17, 15) is 18.2 Å². The molecule has 0 aliphatic rings. The Morgan fingerprint density at radius 1 is 1.35 bits per heavy atom. The van der Waals surface area contributed by atoms with E-state index in [2.05, 4.69) is 5.32 Å². The third-order valence-electron chi connectivity index (χ3n) is 3.44. The topological polar surface area (TPSA) is 66.5 Å². The molecule has 0 spiro atoms. The van der Waals surface area contributed by atoms with Crippen LogP contribution in [0.4, 0.5) is 10.1 Å². The second kappa shape index (κ2) is 8.76. The maximum absolute atomic E-state index is 13.4. The molecule has 0 aromatic heterocycles. The highest BCUT2D eigenvalue weighted by Gasteiger charge is 2.20. The number of benzene rings is 1. The van der Waals surface area contributed by atoms with Crippen LogP contribution in [0, 0.1) is 12.7 Å². The van der Waals surface area contributed by atoms with Gasteiger partial charge >= 0.3 is 0 Å². The number of carbonyl (C=O) groups is 2. The van der Waals surface area contributed by atoms with Crippen molar-refractivity contribution < 1.29 is 18.2 Å². The quantitative estimate of drug-likeness (QED) is 0.825. The number of anilines is 1. The fourth-order valence-electron chi connectivity index (χ4n) is 1.80. The van der Waals surface area contributed by atoms with Gasteiger partial charge in [-0.1, -0.05) is 6.07 Å². The summed E-state index contributed by atoms with van der Waals surface area (Å²) >= 11 is 0. The van der Waals surface area contributed by atoms with Gasteiger partial charge in [-0.05, 0) is 38.0 Å². The Morgan fingerprint density at radius 3 is 2.57 bits per heavy atom. The molecule has 1 aromatic carbocycles. The van der Waals surface area contributed by atoms with E-state index >= 15 is 0 Å². The fourth-order valence-corrected chi connectivity index (χ4v) is 2.88. The van der Waals surface area contributed by atoms with Crippen molar-refractivity contribution in [2.24, 2.45) is 0 Å². The van der Waals surface area contributed by atoms with E-state index in [1.54, 1.807) is 40.1 Å². The van der Waals surface area contributed by atoms with Crippen LogP contribution in [0.2, 0.25) is 0 Å². The molecule has 0 radical (unpaired) electrons. The van der Waals surface area contributed by atoms with Crippen molar-refractivity contribution in [3.05, 3.63) is 29.6 Å². The van der Waals surface area contributed by atoms with Crippen molar-refractivity contribution in [1.29, 1.82) is 0 Å². The van der Waals surface area contributed by atoms with Gasteiger partial charge < -0.3 is 10.2 Å². The number of nitrogens with one attached hydrogen (secondary N) is 1. The number of nitrogens with zero attached hydrogens (tertiary/aromatic N) is 1. The predicted molar refractivity (Wildman–Crippen MR) is 90.2 cm³/mol. The molecule has 128 valence electrons. The van der Waals surface area contributed by atoms with Gasteiger partial charge in [-0.2, -0.15) is 0 Å². The average Bonchev–Trinajstić information content (AvgIpc) is 2.49. The Morgan fingerprint density at radius 2 is 2.00 bits per heavy atom. The Kier molecular flexibility index (Phi) is 7.35. The van der Waals surface area contributed by atoms with Crippen molar-refractivity contribution in [2.45, 2.75) is 31.9 Å². The number of aryl methyl sites for hydroxylation is 1. The van der Waals surface area contributed by atoms with Crippen LogP contribution in [0.1, 0.15) is 25.3 Å². The van der Waals surface area contributed by atoms with Gasteiger partial charge in [0.15, 0.2) is 0 Å². The molecule has 1 rings (SSSR count). The first kappa shape index (κ1) is 19.3. The van der Waals surface area contributed by atoms with E-state index in [0.717, 1.165) is 0 Å². The van der Waals surface area contributed by atoms with Crippen molar-refractivity contribution in [2.75, 3.05) is 25.2 Å². The summed E-state index contributed by atoms with van der Waals surface area (Å²) in [4.78, 5) is 25.0. The first-order valence-electron chi connectivity index (χ1n) is 7.36. The Bertz CT molecular complexity index is 605. The molecule has 2 atom stereocenters. The number of hydrogen-bond acceptors (Lipinski definition) is 3. The number of carbonyl (C=O) groups excluding carboxylic acids is 2. The van der Waals surface area contributed by atoms with Gasteiger partial charge in [-0.25, -0.2) is 4.39 Å². The van der Waals surface area contributed by atoms with E-state index in [1.165, 1.54) is 11.0 Å². The van der Waals surface area contributed by atoms with Crippen molar-refractivity contribution in [1.82, 2.24) is 4.90 Å². The molecule has 2 unspecified atom stereocenters. The molecule has 7 heteroatoms. The van der Waals surface area contributed by atoms with Gasteiger partial charge in [0.05, 0.1) is 0 Å². The summed E-state index contributed by atoms with van der Waals surface area (Å²) in [5, 5.41) is 1.83. The Balaban J connectivity index is 2.50. The summed E-state index contributed by atoms with van der Waals surface area (Å²) in [5.74, 6) is -0.588. The summed E-state index contributed by atoms with van der Waals surface area (Å²) in [6, 6.07) is 4.40. The molecule has 0 aliphatic carbocycles. The van der Waals surface area contributed by atoms with Crippen LogP contribution in [0.5, 0.6) is 0 Å². The van der Waals surface area contributed by atoms with Crippen molar-refractivity contribution in [3.8, 4) is 0 Å². The molecule has 23 heavy (non-hydrogen) atoms. The van der Waals surface area contributed by atoms with Gasteiger partial charge in [-0.3, -0.25) is 13.8 Å². The molecule has 0 heterocycles. The second-order valence-corrected chi connectivity index (χ2v) is 7.45. The number of amides is 2. The number of halogens is 1. The summed E-state index contributed by atoms with van der Waals surface area (Å²) in [7, 11) is 1.94. The van der Waals surface area contributed by atoms with Gasteiger partial charge in [-0.15, -0.1) is 0 Å². The molecule has 2 amide bonds. The highest BCUT2D eigenvalue weighted by atomic mass is 32.2. The number of rotatable bonds is 7. The maximum Gasteiger partial charge on any atom is 0.239 e. The molecule has 0 saturated heterocycles. The first-order valence-corrected chi connectivity index (χ1v) is 8.75. The van der Waals surface area contributed by atoms with Gasteiger partial charge in [0.25, 0.3) is 0 Å². The van der Waals surface area contributed by atoms with Crippen LogP contribution in [0.15, 0.2) is 18.2 Å². The summed E-state index contributed by atoms with van der Waals surface area (Å²) in [5.41, 5.74) is 0.829. The summed E-state index contributed by atoms with van der Waals surface area (Å²) in [6.07, 6.45) is 0.761. The largest absolute Gasteiger partial charge is 0.349 e. The van der Waals surface area contributed by atoms with Crippen LogP contribution in [0.3, 0.4) is 0 Å². The molecule has 1 aromatic rings. The minimum atomic E-state index is -1.38. The lowest BCUT2D eigenvalue weighted by Crippen LogP contribution is -2.30. The smallest absolute Gasteiger partial charge is 0.239 e. The molecule has 1 N–H and O–H groups in total. The van der Waals surface area contributed by atoms with Gasteiger partial charge in [0.1, 0.15) is 11.1 Å². The molecule has 5 nitrogen and oxygen atoms in total. The Labute approximate surface area is 138 Å². The van der Waals surface area contributed by atoms with Crippen LogP contribution in [-0.4, -0.2) is 46.0 Å². The fraction of sp³-hybridized carbons (Fsp3) is 0.500. The molecule has 0 bridgehead atoms. The lowest BCUT2D eigenvalue weighted by Gasteiger charge is -2.13. The minimum Gasteiger partial charge on any atom is -0.349 e. The third kappa shape index (κ3) is 6.09. The monoisotopic (exact) mass is 342 g/mol. The van der Waals surface area contributed by atoms with Crippen LogP contribution in [-0.2, 0) is 20.4 Å². The van der Waals surface area contributed by atoms with Gasteiger partial charge in [0.2, 0.25) is 11.8 Å². The molecular formula is C16H23FN2O3S.